The number of hydrogen-bond donors (Lipinski definition) is 1. The molecule has 2 aromatic heterocycles. The number of rotatable bonds is 5. The van der Waals surface area contributed by atoms with Crippen molar-refractivity contribution >= 4 is 10.9 Å². The number of aromatic nitrogens is 3. The topological polar surface area (TPSA) is 87.1 Å². The zero-order valence-electron chi connectivity index (χ0n) is 15.5. The van der Waals surface area contributed by atoms with Crippen LogP contribution in [0, 0.1) is 5.92 Å². The predicted molar refractivity (Wildman–Crippen MR) is 99.3 cm³/mol. The van der Waals surface area contributed by atoms with Crippen LogP contribution in [0.15, 0.2) is 35.3 Å². The number of nitrogens with zero attached hydrogens (tertiary/aromatic N) is 3. The van der Waals surface area contributed by atoms with Gasteiger partial charge in [-0.15, -0.1) is 0 Å². The van der Waals surface area contributed by atoms with E-state index in [1.54, 1.807) is 19.5 Å². The van der Waals surface area contributed by atoms with Gasteiger partial charge in [-0.25, -0.2) is 15.0 Å². The number of oxazole rings is 1. The van der Waals surface area contributed by atoms with Gasteiger partial charge >= 0.3 is 0 Å². The van der Waals surface area contributed by atoms with E-state index in [-0.39, 0.29) is 6.04 Å². The van der Waals surface area contributed by atoms with Crippen LogP contribution in [0.3, 0.4) is 0 Å². The van der Waals surface area contributed by atoms with Gasteiger partial charge in [-0.2, -0.15) is 0 Å². The molecular weight excluding hydrogens is 316 g/mol. The molecule has 0 spiro atoms. The highest BCUT2D eigenvalue weighted by molar-refractivity contribution is 5.91. The third-order valence-electron chi connectivity index (χ3n) is 3.69. The monoisotopic (exact) mass is 342 g/mol. The van der Waals surface area contributed by atoms with Crippen molar-refractivity contribution in [2.24, 2.45) is 11.7 Å². The molecule has 1 atom stereocenters. The SMILES string of the molecule is CC.COc1c(-c2cnco2)ccc2nc(C(N)CC(C)C)ncc12. The molecule has 0 radical (unpaired) electrons. The molecule has 3 aromatic rings. The molecule has 3 rings (SSSR count). The zero-order valence-corrected chi connectivity index (χ0v) is 15.5. The highest BCUT2D eigenvalue weighted by atomic mass is 16.5. The third kappa shape index (κ3) is 4.14. The molecule has 0 aliphatic heterocycles. The van der Waals surface area contributed by atoms with Crippen molar-refractivity contribution in [2.75, 3.05) is 7.11 Å². The zero-order chi connectivity index (χ0) is 18.4. The second-order valence-corrected chi connectivity index (χ2v) is 5.91. The Hall–Kier alpha value is -2.47. The molecule has 25 heavy (non-hydrogen) atoms. The normalized spacial score (nSPS) is 12.0. The lowest BCUT2D eigenvalue weighted by atomic mass is 10.0. The van der Waals surface area contributed by atoms with Crippen molar-refractivity contribution < 1.29 is 9.15 Å². The van der Waals surface area contributed by atoms with Crippen molar-refractivity contribution in [1.82, 2.24) is 15.0 Å². The van der Waals surface area contributed by atoms with Crippen molar-refractivity contribution in [3.8, 4) is 17.1 Å². The van der Waals surface area contributed by atoms with E-state index in [0.29, 0.717) is 23.3 Å². The average molecular weight is 342 g/mol. The summed E-state index contributed by atoms with van der Waals surface area (Å²) in [6.07, 6.45) is 5.65. The predicted octanol–water partition coefficient (Wildman–Crippen LogP) is 4.37. The number of methoxy groups -OCH3 is 1. The van der Waals surface area contributed by atoms with Crippen LogP contribution in [-0.2, 0) is 0 Å². The molecule has 1 aromatic carbocycles. The maximum atomic E-state index is 6.19. The molecule has 1 unspecified atom stereocenters. The highest BCUT2D eigenvalue weighted by Gasteiger charge is 2.16. The lowest BCUT2D eigenvalue weighted by molar-refractivity contribution is 0.419. The van der Waals surface area contributed by atoms with Gasteiger partial charge in [0.25, 0.3) is 0 Å². The van der Waals surface area contributed by atoms with E-state index in [2.05, 4.69) is 28.8 Å². The molecule has 0 bridgehead atoms. The molecule has 0 amide bonds. The van der Waals surface area contributed by atoms with Crippen LogP contribution >= 0.6 is 0 Å². The van der Waals surface area contributed by atoms with E-state index in [4.69, 9.17) is 14.9 Å². The first-order chi connectivity index (χ1) is 12.1. The Labute approximate surface area is 148 Å². The lowest BCUT2D eigenvalue weighted by Gasteiger charge is -2.14. The number of fused-ring (bicyclic) bond motifs is 1. The maximum Gasteiger partial charge on any atom is 0.181 e. The van der Waals surface area contributed by atoms with Crippen LogP contribution in [0.2, 0.25) is 0 Å². The quantitative estimate of drug-likeness (QED) is 0.741. The molecule has 0 aliphatic carbocycles. The summed E-state index contributed by atoms with van der Waals surface area (Å²) >= 11 is 0. The van der Waals surface area contributed by atoms with Gasteiger partial charge in [0.1, 0.15) is 11.6 Å². The van der Waals surface area contributed by atoms with Crippen molar-refractivity contribution in [1.29, 1.82) is 0 Å². The summed E-state index contributed by atoms with van der Waals surface area (Å²) in [5.41, 5.74) is 7.81. The Balaban J connectivity index is 0.00000109. The van der Waals surface area contributed by atoms with Gasteiger partial charge in [-0.05, 0) is 24.5 Å². The van der Waals surface area contributed by atoms with Crippen molar-refractivity contribution in [3.05, 3.63) is 36.7 Å². The molecule has 0 aliphatic rings. The van der Waals surface area contributed by atoms with E-state index < -0.39 is 0 Å². The Morgan fingerprint density at radius 1 is 1.20 bits per heavy atom. The Morgan fingerprint density at radius 2 is 1.96 bits per heavy atom. The largest absolute Gasteiger partial charge is 0.495 e. The summed E-state index contributed by atoms with van der Waals surface area (Å²) in [4.78, 5) is 13.0. The number of ether oxygens (including phenoxy) is 1. The van der Waals surface area contributed by atoms with Crippen molar-refractivity contribution in [3.63, 3.8) is 0 Å². The van der Waals surface area contributed by atoms with E-state index in [9.17, 15) is 0 Å². The van der Waals surface area contributed by atoms with Crippen molar-refractivity contribution in [2.45, 2.75) is 40.2 Å². The van der Waals surface area contributed by atoms with Gasteiger partial charge in [-0.1, -0.05) is 27.7 Å². The fourth-order valence-corrected chi connectivity index (χ4v) is 2.65. The minimum absolute atomic E-state index is 0.167. The number of nitrogens with two attached hydrogens (primary N) is 1. The second-order valence-electron chi connectivity index (χ2n) is 5.91. The maximum absolute atomic E-state index is 6.19. The molecule has 0 fully saturated rings. The lowest BCUT2D eigenvalue weighted by Crippen LogP contribution is -2.16. The van der Waals surface area contributed by atoms with Gasteiger partial charge in [0.15, 0.2) is 12.2 Å². The first-order valence-electron chi connectivity index (χ1n) is 8.58. The standard InChI is InChI=1S/C17H20N4O2.C2H6/c1-10(2)6-13(18)17-20-7-12-14(21-17)5-4-11(16(12)22-3)15-8-19-9-23-15;1-2/h4-5,7-10,13H,6,18H2,1-3H3;1-2H3. The Kier molecular flexibility index (Phi) is 6.47. The van der Waals surface area contributed by atoms with Gasteiger partial charge in [0.05, 0.1) is 35.8 Å². The van der Waals surface area contributed by atoms with Crippen LogP contribution in [-0.4, -0.2) is 22.1 Å². The van der Waals surface area contributed by atoms with Crippen LogP contribution in [0.5, 0.6) is 5.75 Å². The van der Waals surface area contributed by atoms with Crippen LogP contribution in [0.25, 0.3) is 22.2 Å². The molecule has 6 nitrogen and oxygen atoms in total. The second kappa shape index (κ2) is 8.58. The summed E-state index contributed by atoms with van der Waals surface area (Å²) in [6, 6.07) is 3.66. The van der Waals surface area contributed by atoms with E-state index in [1.807, 2.05) is 26.0 Å². The molecule has 134 valence electrons. The number of benzene rings is 1. The van der Waals surface area contributed by atoms with Gasteiger partial charge in [-0.3, -0.25) is 0 Å². The Morgan fingerprint density at radius 3 is 2.56 bits per heavy atom. The fourth-order valence-electron chi connectivity index (χ4n) is 2.65. The molecular formula is C19H26N4O2. The van der Waals surface area contributed by atoms with E-state index in [1.165, 1.54) is 6.39 Å². The van der Waals surface area contributed by atoms with Crippen LogP contribution in [0.1, 0.15) is 46.0 Å². The third-order valence-corrected chi connectivity index (χ3v) is 3.69. The molecule has 0 saturated carbocycles. The molecule has 0 saturated heterocycles. The average Bonchev–Trinajstić information content (AvgIpc) is 3.15. The number of hydrogen-bond acceptors (Lipinski definition) is 6. The van der Waals surface area contributed by atoms with Gasteiger partial charge in [0.2, 0.25) is 0 Å². The summed E-state index contributed by atoms with van der Waals surface area (Å²) in [6.45, 7) is 8.27. The Bertz CT molecular complexity index is 801. The summed E-state index contributed by atoms with van der Waals surface area (Å²) in [5, 5.41) is 0.821. The smallest absolute Gasteiger partial charge is 0.181 e. The minimum atomic E-state index is -0.167. The molecule has 2 N–H and O–H groups in total. The first-order valence-corrected chi connectivity index (χ1v) is 8.58. The van der Waals surface area contributed by atoms with Crippen LogP contribution in [0.4, 0.5) is 0 Å². The van der Waals surface area contributed by atoms with E-state index in [0.717, 1.165) is 22.9 Å². The highest BCUT2D eigenvalue weighted by Crippen LogP contribution is 2.36. The molecule has 2 heterocycles. The van der Waals surface area contributed by atoms with Gasteiger partial charge in [0, 0.05) is 6.20 Å². The summed E-state index contributed by atoms with van der Waals surface area (Å²) < 4.78 is 10.9. The fraction of sp³-hybridized carbons (Fsp3) is 0.421. The van der Waals surface area contributed by atoms with Crippen LogP contribution < -0.4 is 10.5 Å². The molecule has 6 heteroatoms. The van der Waals surface area contributed by atoms with E-state index >= 15 is 0 Å². The summed E-state index contributed by atoms with van der Waals surface area (Å²) in [5.74, 6) is 2.46. The van der Waals surface area contributed by atoms with Gasteiger partial charge < -0.3 is 14.9 Å². The minimum Gasteiger partial charge on any atom is -0.495 e. The first kappa shape index (κ1) is 18.9. The summed E-state index contributed by atoms with van der Waals surface area (Å²) in [7, 11) is 1.62.